The third-order valence-corrected chi connectivity index (χ3v) is 2.59. The Morgan fingerprint density at radius 2 is 2.06 bits per heavy atom. The molecule has 1 N–H and O–H groups in total. The molecule has 1 aromatic heterocycles. The van der Waals surface area contributed by atoms with Gasteiger partial charge in [0.05, 0.1) is 0 Å². The third kappa shape index (κ3) is 2.47. The summed E-state index contributed by atoms with van der Waals surface area (Å²) in [5.74, 6) is -0.641. The van der Waals surface area contributed by atoms with Crippen LogP contribution < -0.4 is 0 Å². The number of amides is 1. The topological polar surface area (TPSA) is 36.1 Å². The number of nitrogens with zero attached hydrogens (tertiary/aromatic N) is 1. The number of hydrogen-bond donors (Lipinski definition) is 1. The number of halogens is 3. The number of aromatic amines is 1. The van der Waals surface area contributed by atoms with Crippen molar-refractivity contribution in [2.45, 2.75) is 6.18 Å². The highest BCUT2D eigenvalue weighted by Crippen LogP contribution is 2.21. The van der Waals surface area contributed by atoms with Crippen LogP contribution in [0.1, 0.15) is 10.4 Å². The summed E-state index contributed by atoms with van der Waals surface area (Å²) in [4.78, 5) is 15.5. The minimum absolute atomic E-state index is 0.264. The van der Waals surface area contributed by atoms with Gasteiger partial charge in [0.25, 0.3) is 5.91 Å². The highest BCUT2D eigenvalue weighted by atomic mass is 19.4. The number of rotatable bonds is 2. The number of nitrogens with one attached hydrogen (secondary N) is 1. The van der Waals surface area contributed by atoms with Crippen LogP contribution in [-0.2, 0) is 0 Å². The van der Waals surface area contributed by atoms with E-state index in [1.165, 1.54) is 6.07 Å². The van der Waals surface area contributed by atoms with Crippen LogP contribution in [0.2, 0.25) is 0 Å². The molecule has 0 aliphatic heterocycles. The van der Waals surface area contributed by atoms with Gasteiger partial charge in [-0.2, -0.15) is 13.2 Å². The smallest absolute Gasteiger partial charge is 0.361 e. The quantitative estimate of drug-likeness (QED) is 0.881. The van der Waals surface area contributed by atoms with Crippen molar-refractivity contribution in [1.29, 1.82) is 0 Å². The van der Waals surface area contributed by atoms with E-state index in [2.05, 4.69) is 4.98 Å². The van der Waals surface area contributed by atoms with Crippen molar-refractivity contribution in [1.82, 2.24) is 9.88 Å². The summed E-state index contributed by atoms with van der Waals surface area (Å²) in [6, 6.07) is 6.58. The average molecular weight is 256 g/mol. The standard InChI is InChI=1S/C12H11F3N2O/c1-17(7-12(13,14)15)11(18)9-3-2-4-10-8(9)5-6-16-10/h2-6,16H,7H2,1H3. The molecule has 1 heterocycles. The second kappa shape index (κ2) is 4.36. The number of hydrogen-bond acceptors (Lipinski definition) is 1. The lowest BCUT2D eigenvalue weighted by molar-refractivity contribution is -0.138. The summed E-state index contributed by atoms with van der Waals surface area (Å²) in [5.41, 5.74) is 0.988. The van der Waals surface area contributed by atoms with Gasteiger partial charge in [0, 0.05) is 29.7 Å². The fraction of sp³-hybridized carbons (Fsp3) is 0.250. The van der Waals surface area contributed by atoms with E-state index in [0.717, 1.165) is 12.6 Å². The Labute approximate surface area is 101 Å². The molecule has 6 heteroatoms. The molecule has 0 radical (unpaired) electrons. The molecule has 0 atom stereocenters. The zero-order valence-electron chi connectivity index (χ0n) is 9.58. The minimum atomic E-state index is -4.39. The Morgan fingerprint density at radius 1 is 1.33 bits per heavy atom. The molecule has 0 spiro atoms. The minimum Gasteiger partial charge on any atom is -0.361 e. The molecule has 2 aromatic rings. The van der Waals surface area contributed by atoms with Gasteiger partial charge in [0.15, 0.2) is 0 Å². The molecule has 96 valence electrons. The van der Waals surface area contributed by atoms with Gasteiger partial charge in [-0.15, -0.1) is 0 Å². The molecule has 0 unspecified atom stereocenters. The second-order valence-corrected chi connectivity index (χ2v) is 4.02. The van der Waals surface area contributed by atoms with Crippen molar-refractivity contribution in [3.05, 3.63) is 36.0 Å². The van der Waals surface area contributed by atoms with E-state index in [9.17, 15) is 18.0 Å². The summed E-state index contributed by atoms with van der Waals surface area (Å²) in [6.07, 6.45) is -2.75. The van der Waals surface area contributed by atoms with Crippen molar-refractivity contribution < 1.29 is 18.0 Å². The summed E-state index contributed by atoms with van der Waals surface area (Å²) in [5, 5.41) is 0.622. The van der Waals surface area contributed by atoms with Gasteiger partial charge in [-0.3, -0.25) is 4.79 Å². The lowest BCUT2D eigenvalue weighted by atomic mass is 10.1. The van der Waals surface area contributed by atoms with Crippen LogP contribution in [0.5, 0.6) is 0 Å². The molecule has 3 nitrogen and oxygen atoms in total. The van der Waals surface area contributed by atoms with Crippen LogP contribution in [0.3, 0.4) is 0 Å². The van der Waals surface area contributed by atoms with Crippen molar-refractivity contribution in [2.75, 3.05) is 13.6 Å². The first-order valence-electron chi connectivity index (χ1n) is 5.27. The van der Waals surface area contributed by atoms with E-state index in [4.69, 9.17) is 0 Å². The number of fused-ring (bicyclic) bond motifs is 1. The average Bonchev–Trinajstić information content (AvgIpc) is 2.73. The molecule has 1 aromatic carbocycles. The Bertz CT molecular complexity index is 574. The zero-order chi connectivity index (χ0) is 13.3. The normalized spacial score (nSPS) is 11.8. The molecular weight excluding hydrogens is 245 g/mol. The number of carbonyl (C=O) groups excluding carboxylic acids is 1. The Hall–Kier alpha value is -1.98. The summed E-state index contributed by atoms with van der Waals surface area (Å²) in [6.45, 7) is -1.26. The lowest BCUT2D eigenvalue weighted by Crippen LogP contribution is -2.35. The fourth-order valence-electron chi connectivity index (χ4n) is 1.82. The first-order chi connectivity index (χ1) is 8.38. The van der Waals surface area contributed by atoms with Crippen LogP contribution in [0.15, 0.2) is 30.5 Å². The highest BCUT2D eigenvalue weighted by molar-refractivity contribution is 6.06. The number of H-pyrrole nitrogens is 1. The molecule has 0 aliphatic rings. The molecule has 0 saturated heterocycles. The summed E-state index contributed by atoms with van der Waals surface area (Å²) >= 11 is 0. The Balaban J connectivity index is 2.31. The number of carbonyl (C=O) groups is 1. The van der Waals surface area contributed by atoms with Crippen molar-refractivity contribution in [3.63, 3.8) is 0 Å². The number of aromatic nitrogens is 1. The predicted molar refractivity (Wildman–Crippen MR) is 61.3 cm³/mol. The van der Waals surface area contributed by atoms with Gasteiger partial charge in [0.2, 0.25) is 0 Å². The SMILES string of the molecule is CN(CC(F)(F)F)C(=O)c1cccc2[nH]ccc12. The molecule has 2 rings (SSSR count). The van der Waals surface area contributed by atoms with Crippen LogP contribution in [0.25, 0.3) is 10.9 Å². The molecular formula is C12H11F3N2O. The van der Waals surface area contributed by atoms with Crippen LogP contribution >= 0.6 is 0 Å². The summed E-state index contributed by atoms with van der Waals surface area (Å²) < 4.78 is 36.7. The van der Waals surface area contributed by atoms with E-state index in [1.807, 2.05) is 0 Å². The maximum absolute atomic E-state index is 12.2. The number of alkyl halides is 3. The first-order valence-corrected chi connectivity index (χ1v) is 5.27. The van der Waals surface area contributed by atoms with Gasteiger partial charge >= 0.3 is 6.18 Å². The van der Waals surface area contributed by atoms with Crippen molar-refractivity contribution >= 4 is 16.8 Å². The molecule has 0 bridgehead atoms. The zero-order valence-corrected chi connectivity index (χ0v) is 9.58. The van der Waals surface area contributed by atoms with Crippen LogP contribution in [0.4, 0.5) is 13.2 Å². The molecule has 0 saturated carbocycles. The van der Waals surface area contributed by atoms with Gasteiger partial charge in [0.1, 0.15) is 6.54 Å². The van der Waals surface area contributed by atoms with E-state index < -0.39 is 18.6 Å². The van der Waals surface area contributed by atoms with E-state index in [-0.39, 0.29) is 5.56 Å². The first kappa shape index (κ1) is 12.5. The van der Waals surface area contributed by atoms with Gasteiger partial charge in [-0.1, -0.05) is 6.07 Å². The van der Waals surface area contributed by atoms with Gasteiger partial charge in [-0.05, 0) is 18.2 Å². The molecule has 18 heavy (non-hydrogen) atoms. The number of benzene rings is 1. The molecule has 0 fully saturated rings. The molecule has 1 amide bonds. The van der Waals surface area contributed by atoms with Crippen molar-refractivity contribution in [3.8, 4) is 0 Å². The van der Waals surface area contributed by atoms with E-state index in [1.54, 1.807) is 24.4 Å². The molecule has 0 aliphatic carbocycles. The maximum Gasteiger partial charge on any atom is 0.406 e. The fourth-order valence-corrected chi connectivity index (χ4v) is 1.82. The Kier molecular flexibility index (Phi) is 3.02. The van der Waals surface area contributed by atoms with E-state index >= 15 is 0 Å². The largest absolute Gasteiger partial charge is 0.406 e. The van der Waals surface area contributed by atoms with Gasteiger partial charge in [-0.25, -0.2) is 0 Å². The monoisotopic (exact) mass is 256 g/mol. The van der Waals surface area contributed by atoms with Gasteiger partial charge < -0.3 is 9.88 Å². The highest BCUT2D eigenvalue weighted by Gasteiger charge is 2.31. The van der Waals surface area contributed by atoms with Crippen molar-refractivity contribution in [2.24, 2.45) is 0 Å². The van der Waals surface area contributed by atoms with Crippen LogP contribution in [0, 0.1) is 0 Å². The Morgan fingerprint density at radius 3 is 2.72 bits per heavy atom. The maximum atomic E-state index is 12.2. The van der Waals surface area contributed by atoms with E-state index in [0.29, 0.717) is 10.3 Å². The second-order valence-electron chi connectivity index (χ2n) is 4.02. The predicted octanol–water partition coefficient (Wildman–Crippen LogP) is 2.80. The third-order valence-electron chi connectivity index (χ3n) is 2.59. The summed E-state index contributed by atoms with van der Waals surface area (Å²) in [7, 11) is 1.14. The lowest BCUT2D eigenvalue weighted by Gasteiger charge is -2.19. The van der Waals surface area contributed by atoms with Crippen LogP contribution in [-0.4, -0.2) is 35.6 Å².